The molecule has 0 unspecified atom stereocenters. The predicted octanol–water partition coefficient (Wildman–Crippen LogP) is 4.43. The molecule has 0 spiro atoms. The molecule has 0 saturated heterocycles. The van der Waals surface area contributed by atoms with E-state index < -0.39 is 0 Å². The van der Waals surface area contributed by atoms with Crippen LogP contribution < -0.4 is 4.74 Å². The third-order valence-corrected chi connectivity index (χ3v) is 3.34. The lowest BCUT2D eigenvalue weighted by Crippen LogP contribution is -1.95. The average molecular weight is 257 g/mol. The molecule has 0 amide bonds. The van der Waals surface area contributed by atoms with Crippen molar-refractivity contribution in [3.05, 3.63) is 50.9 Å². The van der Waals surface area contributed by atoms with E-state index >= 15 is 0 Å². The van der Waals surface area contributed by atoms with Gasteiger partial charge in [-0.15, -0.1) is 11.3 Å². The first-order chi connectivity index (χ1) is 7.65. The molecule has 0 atom stereocenters. The van der Waals surface area contributed by atoms with Crippen LogP contribution in [0.3, 0.4) is 0 Å². The Morgan fingerprint density at radius 2 is 2.12 bits per heavy atom. The third-order valence-electron chi connectivity index (χ3n) is 2.14. The van der Waals surface area contributed by atoms with Gasteiger partial charge in [0.1, 0.15) is 18.2 Å². The maximum atomic E-state index is 12.8. The van der Waals surface area contributed by atoms with Crippen LogP contribution in [0.4, 0.5) is 4.39 Å². The van der Waals surface area contributed by atoms with Gasteiger partial charge in [-0.1, -0.05) is 11.6 Å². The van der Waals surface area contributed by atoms with Crippen LogP contribution in [0.1, 0.15) is 10.4 Å². The summed E-state index contributed by atoms with van der Waals surface area (Å²) in [5.74, 6) is 0.454. The van der Waals surface area contributed by atoms with E-state index in [0.717, 1.165) is 14.8 Å². The Morgan fingerprint density at radius 3 is 2.75 bits per heavy atom. The highest BCUT2D eigenvalue weighted by Crippen LogP contribution is 2.24. The van der Waals surface area contributed by atoms with Crippen LogP contribution in [0.15, 0.2) is 30.3 Å². The Morgan fingerprint density at radius 1 is 1.31 bits per heavy atom. The first-order valence-corrected chi connectivity index (χ1v) is 5.98. The van der Waals surface area contributed by atoms with Crippen molar-refractivity contribution in [2.45, 2.75) is 13.5 Å². The minimum absolute atomic E-state index is 0.246. The number of hydrogen-bond acceptors (Lipinski definition) is 2. The Balaban J connectivity index is 2.04. The van der Waals surface area contributed by atoms with Crippen molar-refractivity contribution in [2.75, 3.05) is 0 Å². The Labute approximate surface area is 102 Å². The van der Waals surface area contributed by atoms with E-state index in [1.54, 1.807) is 6.07 Å². The monoisotopic (exact) mass is 256 g/mol. The van der Waals surface area contributed by atoms with Crippen LogP contribution in [0.2, 0.25) is 4.34 Å². The van der Waals surface area contributed by atoms with Gasteiger partial charge in [-0.2, -0.15) is 0 Å². The lowest BCUT2D eigenvalue weighted by Gasteiger charge is -2.07. The molecule has 1 nitrogen and oxygen atoms in total. The summed E-state index contributed by atoms with van der Waals surface area (Å²) in [7, 11) is 0. The second-order valence-electron chi connectivity index (χ2n) is 3.40. The summed E-state index contributed by atoms with van der Waals surface area (Å²) in [6, 6.07) is 8.24. The first kappa shape index (κ1) is 11.4. The first-order valence-electron chi connectivity index (χ1n) is 4.78. The second-order valence-corrected chi connectivity index (χ2v) is 5.20. The molecule has 1 aromatic carbocycles. The number of thiophene rings is 1. The largest absolute Gasteiger partial charge is 0.488 e. The summed E-state index contributed by atoms with van der Waals surface area (Å²) in [6.45, 7) is 2.28. The summed E-state index contributed by atoms with van der Waals surface area (Å²) in [5.41, 5.74) is 0.794. The highest BCUT2D eigenvalue weighted by Gasteiger charge is 2.03. The molecular formula is C12H10ClFOS. The number of rotatable bonds is 3. The van der Waals surface area contributed by atoms with Gasteiger partial charge in [-0.05, 0) is 42.8 Å². The van der Waals surface area contributed by atoms with Crippen LogP contribution in [0, 0.1) is 12.7 Å². The van der Waals surface area contributed by atoms with Crippen LogP contribution in [-0.2, 0) is 6.61 Å². The van der Waals surface area contributed by atoms with Crippen molar-refractivity contribution in [1.82, 2.24) is 0 Å². The van der Waals surface area contributed by atoms with E-state index in [-0.39, 0.29) is 5.82 Å². The van der Waals surface area contributed by atoms with Crippen molar-refractivity contribution < 1.29 is 9.13 Å². The fraction of sp³-hybridized carbons (Fsp3) is 0.167. The number of halogens is 2. The van der Waals surface area contributed by atoms with Crippen LogP contribution in [0.25, 0.3) is 0 Å². The van der Waals surface area contributed by atoms with Crippen molar-refractivity contribution in [2.24, 2.45) is 0 Å². The lowest BCUT2D eigenvalue weighted by molar-refractivity contribution is 0.307. The molecule has 16 heavy (non-hydrogen) atoms. The fourth-order valence-electron chi connectivity index (χ4n) is 1.35. The van der Waals surface area contributed by atoms with Crippen molar-refractivity contribution >= 4 is 22.9 Å². The quantitative estimate of drug-likeness (QED) is 0.790. The molecule has 4 heteroatoms. The van der Waals surface area contributed by atoms with Crippen LogP contribution in [-0.4, -0.2) is 0 Å². The van der Waals surface area contributed by atoms with Gasteiger partial charge >= 0.3 is 0 Å². The van der Waals surface area contributed by atoms with Gasteiger partial charge < -0.3 is 4.74 Å². The summed E-state index contributed by atoms with van der Waals surface area (Å²) in [6.07, 6.45) is 0. The molecule has 0 saturated carbocycles. The van der Waals surface area contributed by atoms with Gasteiger partial charge in [0.25, 0.3) is 0 Å². The zero-order chi connectivity index (χ0) is 11.5. The highest BCUT2D eigenvalue weighted by molar-refractivity contribution is 7.16. The van der Waals surface area contributed by atoms with E-state index in [9.17, 15) is 4.39 Å². The van der Waals surface area contributed by atoms with E-state index in [1.165, 1.54) is 23.5 Å². The van der Waals surface area contributed by atoms with Gasteiger partial charge in [0.05, 0.1) is 4.34 Å². The smallest absolute Gasteiger partial charge is 0.123 e. The Bertz CT molecular complexity index is 496. The zero-order valence-corrected chi connectivity index (χ0v) is 10.2. The molecule has 84 valence electrons. The third kappa shape index (κ3) is 2.74. The summed E-state index contributed by atoms with van der Waals surface area (Å²) in [4.78, 5) is 1.05. The topological polar surface area (TPSA) is 9.23 Å². The lowest BCUT2D eigenvalue weighted by atomic mass is 10.2. The maximum Gasteiger partial charge on any atom is 0.123 e. The minimum Gasteiger partial charge on any atom is -0.488 e. The Kier molecular flexibility index (Phi) is 3.46. The van der Waals surface area contributed by atoms with Gasteiger partial charge in [0, 0.05) is 4.88 Å². The molecule has 0 aliphatic heterocycles. The van der Waals surface area contributed by atoms with E-state index in [0.29, 0.717) is 12.4 Å². The standard InChI is InChI=1S/C12H10ClFOS/c1-8-6-9(14)2-4-11(8)15-7-10-3-5-12(13)16-10/h2-6H,7H2,1H3. The highest BCUT2D eigenvalue weighted by atomic mass is 35.5. The molecule has 0 radical (unpaired) electrons. The molecule has 0 aliphatic rings. The molecule has 0 aliphatic carbocycles. The molecule has 0 bridgehead atoms. The number of ether oxygens (including phenoxy) is 1. The van der Waals surface area contributed by atoms with Gasteiger partial charge in [-0.3, -0.25) is 0 Å². The maximum absolute atomic E-state index is 12.8. The van der Waals surface area contributed by atoms with E-state index in [2.05, 4.69) is 0 Å². The molecule has 1 aromatic heterocycles. The predicted molar refractivity (Wildman–Crippen MR) is 64.8 cm³/mol. The van der Waals surface area contributed by atoms with Gasteiger partial charge in [0.2, 0.25) is 0 Å². The normalized spacial score (nSPS) is 10.4. The minimum atomic E-state index is -0.246. The molecular weight excluding hydrogens is 247 g/mol. The molecule has 1 heterocycles. The van der Waals surface area contributed by atoms with E-state index in [4.69, 9.17) is 16.3 Å². The average Bonchev–Trinajstić information content (AvgIpc) is 2.63. The SMILES string of the molecule is Cc1cc(F)ccc1OCc1ccc(Cl)s1. The second kappa shape index (κ2) is 4.85. The van der Waals surface area contributed by atoms with Crippen molar-refractivity contribution in [3.8, 4) is 5.75 Å². The zero-order valence-electron chi connectivity index (χ0n) is 8.67. The van der Waals surface area contributed by atoms with Crippen molar-refractivity contribution in [3.63, 3.8) is 0 Å². The van der Waals surface area contributed by atoms with Gasteiger partial charge in [-0.25, -0.2) is 4.39 Å². The molecule has 2 aromatic rings. The summed E-state index contributed by atoms with van der Waals surface area (Å²) < 4.78 is 19.2. The molecule has 0 N–H and O–H groups in total. The van der Waals surface area contributed by atoms with Crippen LogP contribution in [0.5, 0.6) is 5.75 Å². The van der Waals surface area contributed by atoms with Gasteiger partial charge in [0.15, 0.2) is 0 Å². The van der Waals surface area contributed by atoms with E-state index in [1.807, 2.05) is 19.1 Å². The molecule has 2 rings (SSSR count). The summed E-state index contributed by atoms with van der Waals surface area (Å²) in [5, 5.41) is 0. The van der Waals surface area contributed by atoms with Crippen molar-refractivity contribution in [1.29, 1.82) is 0 Å². The fourth-order valence-corrected chi connectivity index (χ4v) is 2.35. The number of benzene rings is 1. The molecule has 0 fully saturated rings. The van der Waals surface area contributed by atoms with Crippen LogP contribution >= 0.6 is 22.9 Å². The number of hydrogen-bond donors (Lipinski definition) is 0. The summed E-state index contributed by atoms with van der Waals surface area (Å²) >= 11 is 7.29. The Hall–Kier alpha value is -1.06. The number of aryl methyl sites for hydroxylation is 1.